The molecule has 1 unspecified atom stereocenters. The zero-order valence-corrected chi connectivity index (χ0v) is 20.4. The predicted molar refractivity (Wildman–Crippen MR) is 137 cm³/mol. The summed E-state index contributed by atoms with van der Waals surface area (Å²) < 4.78 is 36.4. The third kappa shape index (κ3) is 3.93. The van der Waals surface area contributed by atoms with E-state index in [1.807, 2.05) is 11.5 Å². The average Bonchev–Trinajstić information content (AvgIpc) is 3.34. The van der Waals surface area contributed by atoms with Crippen molar-refractivity contribution in [1.29, 1.82) is 0 Å². The molecule has 0 bridgehead atoms. The number of hydrogen-bond acceptors (Lipinski definition) is 7. The van der Waals surface area contributed by atoms with Crippen LogP contribution in [0.2, 0.25) is 0 Å². The normalized spacial score (nSPS) is 15.5. The average molecular weight is 503 g/mol. The highest BCUT2D eigenvalue weighted by molar-refractivity contribution is 5.85. The second-order valence-corrected chi connectivity index (χ2v) is 9.28. The maximum Gasteiger partial charge on any atom is 0.203 e. The molecule has 10 heteroatoms. The minimum atomic E-state index is -0.675. The van der Waals surface area contributed by atoms with Crippen molar-refractivity contribution in [3.8, 4) is 11.1 Å². The van der Waals surface area contributed by atoms with Crippen LogP contribution in [-0.4, -0.2) is 57.6 Å². The maximum atomic E-state index is 14.7. The van der Waals surface area contributed by atoms with Gasteiger partial charge in [-0.25, -0.2) is 23.7 Å². The lowest BCUT2D eigenvalue weighted by atomic mass is 9.99. The molecule has 1 atom stereocenters. The van der Waals surface area contributed by atoms with Gasteiger partial charge in [-0.05, 0) is 43.8 Å². The van der Waals surface area contributed by atoms with Gasteiger partial charge >= 0.3 is 0 Å². The van der Waals surface area contributed by atoms with Gasteiger partial charge in [-0.15, -0.1) is 0 Å². The molecule has 1 aliphatic rings. The van der Waals surface area contributed by atoms with Crippen LogP contribution in [-0.2, 0) is 0 Å². The van der Waals surface area contributed by atoms with Crippen molar-refractivity contribution >= 4 is 28.0 Å². The lowest BCUT2D eigenvalue weighted by molar-refractivity contribution is 0.312. The fourth-order valence-corrected chi connectivity index (χ4v) is 4.90. The molecule has 1 aliphatic heterocycles. The van der Waals surface area contributed by atoms with Gasteiger partial charge in [-0.1, -0.05) is 18.2 Å². The molecule has 0 spiro atoms. The molecule has 37 heavy (non-hydrogen) atoms. The summed E-state index contributed by atoms with van der Waals surface area (Å²) in [6, 6.07) is 9.23. The highest BCUT2D eigenvalue weighted by Gasteiger charge is 2.26. The molecule has 0 amide bonds. The van der Waals surface area contributed by atoms with E-state index in [1.54, 1.807) is 12.4 Å². The van der Waals surface area contributed by atoms with Crippen molar-refractivity contribution in [2.45, 2.75) is 13.0 Å². The molecule has 1 fully saturated rings. The zero-order valence-electron chi connectivity index (χ0n) is 20.4. The number of aromatic nitrogens is 4. The highest BCUT2D eigenvalue weighted by atomic mass is 19.1. The Bertz CT molecular complexity index is 1670. The van der Waals surface area contributed by atoms with E-state index in [0.29, 0.717) is 22.5 Å². The van der Waals surface area contributed by atoms with E-state index in [4.69, 9.17) is 4.42 Å². The van der Waals surface area contributed by atoms with E-state index in [1.165, 1.54) is 42.7 Å². The summed E-state index contributed by atoms with van der Waals surface area (Å²) in [5.41, 5.74) is 1.44. The molecule has 5 aromatic rings. The fraction of sp³-hybridized carbons (Fsp3) is 0.259. The van der Waals surface area contributed by atoms with Crippen molar-refractivity contribution in [3.63, 3.8) is 0 Å². The summed E-state index contributed by atoms with van der Waals surface area (Å²) in [7, 11) is 2.09. The van der Waals surface area contributed by atoms with Gasteiger partial charge in [0.05, 0.1) is 17.9 Å². The number of fused-ring (bicyclic) bond motifs is 2. The molecule has 0 saturated carbocycles. The van der Waals surface area contributed by atoms with Crippen molar-refractivity contribution in [2.75, 3.05) is 38.1 Å². The Kier molecular flexibility index (Phi) is 5.68. The van der Waals surface area contributed by atoms with E-state index in [2.05, 4.69) is 31.8 Å². The first-order valence-electron chi connectivity index (χ1n) is 12.0. The number of nitrogens with zero attached hydrogens (tertiary/aromatic N) is 6. The zero-order chi connectivity index (χ0) is 25.7. The molecule has 188 valence electrons. The lowest BCUT2D eigenvalue weighted by Crippen LogP contribution is -2.44. The molecule has 0 radical (unpaired) electrons. The SMILES string of the molecule is CC(c1oc2cccc(F)c2c(=O)c1-c1ccc(F)cc1)n1cnc2c(N3CCN(C)CC3)ncnc21. The van der Waals surface area contributed by atoms with Crippen LogP contribution < -0.4 is 10.3 Å². The molecule has 8 nitrogen and oxygen atoms in total. The molecule has 4 heterocycles. The quantitative estimate of drug-likeness (QED) is 0.364. The minimum Gasteiger partial charge on any atom is -0.458 e. The van der Waals surface area contributed by atoms with Gasteiger partial charge in [0.1, 0.15) is 34.7 Å². The number of likely N-dealkylation sites (N-methyl/N-ethyl adjacent to an activating group) is 1. The van der Waals surface area contributed by atoms with E-state index in [-0.39, 0.29) is 16.5 Å². The molecular weight excluding hydrogens is 478 g/mol. The topological polar surface area (TPSA) is 80.3 Å². The summed E-state index contributed by atoms with van der Waals surface area (Å²) in [5, 5.41) is -0.145. The standard InChI is InChI=1S/C27H24F2N6O2/c1-16(35-15-32-23-26(30-14-31-27(23)35)34-12-10-33(2)11-13-34)25-21(17-6-8-18(28)9-7-17)24(36)22-19(29)4-3-5-20(22)37-25/h3-9,14-16H,10-13H2,1-2H3. The first-order valence-corrected chi connectivity index (χ1v) is 12.0. The van der Waals surface area contributed by atoms with Crippen molar-refractivity contribution in [1.82, 2.24) is 24.4 Å². The summed E-state index contributed by atoms with van der Waals surface area (Å²) in [4.78, 5) is 31.7. The lowest BCUT2D eigenvalue weighted by Gasteiger charge is -2.33. The van der Waals surface area contributed by atoms with Gasteiger partial charge in [-0.2, -0.15) is 0 Å². The summed E-state index contributed by atoms with van der Waals surface area (Å²) in [6.07, 6.45) is 3.15. The number of rotatable bonds is 4. The van der Waals surface area contributed by atoms with Crippen LogP contribution in [0.25, 0.3) is 33.3 Å². The van der Waals surface area contributed by atoms with Gasteiger partial charge < -0.3 is 18.8 Å². The molecule has 1 saturated heterocycles. The Hall–Kier alpha value is -4.18. The van der Waals surface area contributed by atoms with E-state index in [0.717, 1.165) is 32.0 Å². The number of hydrogen-bond donors (Lipinski definition) is 0. The Balaban J connectivity index is 1.53. The Morgan fingerprint density at radius 2 is 1.73 bits per heavy atom. The van der Waals surface area contributed by atoms with Crippen LogP contribution in [0.4, 0.5) is 14.6 Å². The van der Waals surface area contributed by atoms with E-state index < -0.39 is 23.1 Å². The molecule has 3 aromatic heterocycles. The molecule has 0 aliphatic carbocycles. The number of benzene rings is 2. The maximum absolute atomic E-state index is 14.7. The molecule has 0 N–H and O–H groups in total. The van der Waals surface area contributed by atoms with Crippen molar-refractivity contribution < 1.29 is 13.2 Å². The van der Waals surface area contributed by atoms with Crippen LogP contribution in [0.1, 0.15) is 18.7 Å². The predicted octanol–water partition coefficient (Wildman–Crippen LogP) is 4.24. The van der Waals surface area contributed by atoms with Crippen LogP contribution in [0.5, 0.6) is 0 Å². The third-order valence-electron chi connectivity index (χ3n) is 6.97. The van der Waals surface area contributed by atoms with Crippen molar-refractivity contribution in [2.24, 2.45) is 0 Å². The molecule has 6 rings (SSSR count). The minimum absolute atomic E-state index is 0.134. The Labute approximate surface area is 210 Å². The largest absolute Gasteiger partial charge is 0.458 e. The second kappa shape index (κ2) is 9.04. The van der Waals surface area contributed by atoms with E-state index in [9.17, 15) is 13.6 Å². The Morgan fingerprint density at radius 1 is 0.973 bits per heavy atom. The highest BCUT2D eigenvalue weighted by Crippen LogP contribution is 2.34. The number of piperazine rings is 1. The van der Waals surface area contributed by atoms with Gasteiger partial charge in [-0.3, -0.25) is 4.79 Å². The van der Waals surface area contributed by atoms with Crippen LogP contribution in [0, 0.1) is 11.6 Å². The monoisotopic (exact) mass is 502 g/mol. The van der Waals surface area contributed by atoms with E-state index >= 15 is 0 Å². The smallest absolute Gasteiger partial charge is 0.203 e. The fourth-order valence-electron chi connectivity index (χ4n) is 4.90. The van der Waals surface area contributed by atoms with Crippen molar-refractivity contribution in [3.05, 3.63) is 82.7 Å². The van der Waals surface area contributed by atoms with Gasteiger partial charge in [0.25, 0.3) is 0 Å². The first-order chi connectivity index (χ1) is 17.9. The summed E-state index contributed by atoms with van der Waals surface area (Å²) in [5.74, 6) is -0.0616. The summed E-state index contributed by atoms with van der Waals surface area (Å²) >= 11 is 0. The van der Waals surface area contributed by atoms with Crippen LogP contribution in [0.3, 0.4) is 0 Å². The number of anilines is 1. The van der Waals surface area contributed by atoms with Crippen LogP contribution in [0.15, 0.2) is 64.3 Å². The van der Waals surface area contributed by atoms with Gasteiger partial charge in [0.2, 0.25) is 5.43 Å². The molecular formula is C27H24F2N6O2. The Morgan fingerprint density at radius 3 is 2.49 bits per heavy atom. The summed E-state index contributed by atoms with van der Waals surface area (Å²) in [6.45, 7) is 5.34. The van der Waals surface area contributed by atoms with Gasteiger partial charge in [0, 0.05) is 26.2 Å². The van der Waals surface area contributed by atoms with Gasteiger partial charge in [0.15, 0.2) is 17.0 Å². The number of halogens is 2. The third-order valence-corrected chi connectivity index (χ3v) is 6.97. The van der Waals surface area contributed by atoms with Crippen LogP contribution >= 0.6 is 0 Å². The number of imidazole rings is 1. The molecule has 2 aromatic carbocycles. The first kappa shape index (κ1) is 23.2. The second-order valence-electron chi connectivity index (χ2n) is 9.28.